The first kappa shape index (κ1) is 16.6. The highest BCUT2D eigenvalue weighted by atomic mass is 35.5. The van der Waals surface area contributed by atoms with Crippen LogP contribution in [0.3, 0.4) is 0 Å². The second-order valence-electron chi connectivity index (χ2n) is 4.05. The Labute approximate surface area is 133 Å². The Kier molecular flexibility index (Phi) is 6.09. The van der Waals surface area contributed by atoms with Crippen LogP contribution in [0.2, 0.25) is 5.02 Å². The summed E-state index contributed by atoms with van der Waals surface area (Å²) in [4.78, 5) is 0. The molecule has 3 nitrogen and oxygen atoms in total. The predicted molar refractivity (Wildman–Crippen MR) is 80.4 cm³/mol. The summed E-state index contributed by atoms with van der Waals surface area (Å²) in [6.45, 7) is 0. The zero-order valence-electron chi connectivity index (χ0n) is 11.1. The maximum Gasteiger partial charge on any atom is 0.301 e. The molecule has 0 aliphatic heterocycles. The molecule has 0 amide bonds. The first-order valence-corrected chi connectivity index (χ1v) is 7.50. The van der Waals surface area contributed by atoms with Gasteiger partial charge in [-0.15, -0.1) is 10.2 Å². The van der Waals surface area contributed by atoms with Gasteiger partial charge in [-0.25, -0.2) is 4.39 Å². The normalized spacial score (nSPS) is 11.1. The van der Waals surface area contributed by atoms with Crippen molar-refractivity contribution < 1.29 is 17.6 Å². The van der Waals surface area contributed by atoms with Crippen molar-refractivity contribution in [2.24, 2.45) is 0 Å². The second kappa shape index (κ2) is 8.05. The first-order chi connectivity index (χ1) is 10.5. The standard InChI is InChI=1S/C14H10ClF3N2OS/c15-10-4-1-9(2-5-10)3-6-12-19-20-14(21-12)22-8-7-11(16)13(17)18/h1-6H,7-8H2/b6-3+. The third-order valence-electron chi connectivity index (χ3n) is 2.46. The van der Waals surface area contributed by atoms with E-state index in [0.29, 0.717) is 5.02 Å². The number of nitrogens with zero attached hydrogens (tertiary/aromatic N) is 2. The maximum absolute atomic E-state index is 12.6. The largest absolute Gasteiger partial charge is 0.412 e. The molecular weight excluding hydrogens is 337 g/mol. The molecule has 0 radical (unpaired) electrons. The highest BCUT2D eigenvalue weighted by molar-refractivity contribution is 7.99. The summed E-state index contributed by atoms with van der Waals surface area (Å²) < 4.78 is 41.6. The van der Waals surface area contributed by atoms with Crippen LogP contribution in [0.1, 0.15) is 17.9 Å². The Hall–Kier alpha value is -1.73. The molecule has 0 saturated heterocycles. The van der Waals surface area contributed by atoms with Crippen molar-refractivity contribution in [3.63, 3.8) is 0 Å². The van der Waals surface area contributed by atoms with Gasteiger partial charge in [-0.05, 0) is 23.8 Å². The molecule has 0 saturated carbocycles. The van der Waals surface area contributed by atoms with Crippen LogP contribution < -0.4 is 0 Å². The fourth-order valence-corrected chi connectivity index (χ4v) is 2.23. The number of rotatable bonds is 6. The quantitative estimate of drug-likeness (QED) is 0.652. The molecule has 2 rings (SSSR count). The van der Waals surface area contributed by atoms with Gasteiger partial charge < -0.3 is 4.42 Å². The summed E-state index contributed by atoms with van der Waals surface area (Å²) in [5.41, 5.74) is 0.905. The predicted octanol–water partition coefficient (Wildman–Crippen LogP) is 5.45. The van der Waals surface area contributed by atoms with Gasteiger partial charge in [0.25, 0.3) is 5.22 Å². The van der Waals surface area contributed by atoms with Crippen LogP contribution in [-0.2, 0) is 0 Å². The molecule has 1 aromatic carbocycles. The van der Waals surface area contributed by atoms with Crippen LogP contribution in [0.5, 0.6) is 0 Å². The van der Waals surface area contributed by atoms with Gasteiger partial charge in [0.2, 0.25) is 5.89 Å². The third-order valence-corrected chi connectivity index (χ3v) is 3.53. The highest BCUT2D eigenvalue weighted by Crippen LogP contribution is 2.22. The number of halogens is 4. The van der Waals surface area contributed by atoms with Gasteiger partial charge in [0.05, 0.1) is 0 Å². The molecular formula is C14H10ClF3N2OS. The Balaban J connectivity index is 1.88. The fourth-order valence-electron chi connectivity index (χ4n) is 1.41. The highest BCUT2D eigenvalue weighted by Gasteiger charge is 2.08. The minimum absolute atomic E-state index is 0.0890. The van der Waals surface area contributed by atoms with E-state index < -0.39 is 11.9 Å². The van der Waals surface area contributed by atoms with Crippen LogP contribution in [0.4, 0.5) is 13.2 Å². The van der Waals surface area contributed by atoms with E-state index in [1.807, 2.05) is 12.1 Å². The molecule has 1 aromatic heterocycles. The Bertz CT molecular complexity index is 682. The third kappa shape index (κ3) is 5.23. The Morgan fingerprint density at radius 1 is 1.14 bits per heavy atom. The number of hydrogen-bond donors (Lipinski definition) is 0. The van der Waals surface area contributed by atoms with Gasteiger partial charge in [0.15, 0.2) is 5.83 Å². The molecule has 0 aliphatic rings. The molecule has 0 bridgehead atoms. The van der Waals surface area contributed by atoms with E-state index in [1.165, 1.54) is 0 Å². The van der Waals surface area contributed by atoms with Gasteiger partial charge >= 0.3 is 6.08 Å². The Morgan fingerprint density at radius 2 is 1.86 bits per heavy atom. The lowest BCUT2D eigenvalue weighted by atomic mass is 10.2. The van der Waals surface area contributed by atoms with Crippen LogP contribution in [-0.4, -0.2) is 16.0 Å². The summed E-state index contributed by atoms with van der Waals surface area (Å²) in [5, 5.41) is 8.35. The lowest BCUT2D eigenvalue weighted by Gasteiger charge is -1.94. The smallest absolute Gasteiger partial charge is 0.301 e. The number of allylic oxidation sites excluding steroid dienone is 1. The van der Waals surface area contributed by atoms with Gasteiger partial charge in [-0.3, -0.25) is 0 Å². The van der Waals surface area contributed by atoms with Crippen molar-refractivity contribution in [1.82, 2.24) is 10.2 Å². The van der Waals surface area contributed by atoms with E-state index >= 15 is 0 Å². The van der Waals surface area contributed by atoms with Gasteiger partial charge in [0.1, 0.15) is 0 Å². The van der Waals surface area contributed by atoms with E-state index in [-0.39, 0.29) is 23.3 Å². The van der Waals surface area contributed by atoms with E-state index in [2.05, 4.69) is 10.2 Å². The zero-order valence-corrected chi connectivity index (χ0v) is 12.7. The van der Waals surface area contributed by atoms with E-state index in [9.17, 15) is 13.2 Å². The molecule has 1 heterocycles. The number of aromatic nitrogens is 2. The molecule has 2 aromatic rings. The topological polar surface area (TPSA) is 38.9 Å². The number of thioether (sulfide) groups is 1. The zero-order chi connectivity index (χ0) is 15.9. The minimum atomic E-state index is -2.29. The molecule has 22 heavy (non-hydrogen) atoms. The van der Waals surface area contributed by atoms with Gasteiger partial charge in [-0.2, -0.15) is 8.78 Å². The van der Waals surface area contributed by atoms with Crippen LogP contribution in [0.15, 0.2) is 45.8 Å². The monoisotopic (exact) mass is 346 g/mol. The number of hydrogen-bond acceptors (Lipinski definition) is 4. The summed E-state index contributed by atoms with van der Waals surface area (Å²) in [5.74, 6) is -1.06. The van der Waals surface area contributed by atoms with E-state index in [1.54, 1.807) is 24.3 Å². The lowest BCUT2D eigenvalue weighted by Crippen LogP contribution is -1.82. The summed E-state index contributed by atoms with van der Waals surface area (Å²) in [6.07, 6.45) is 0.699. The molecule has 0 N–H and O–H groups in total. The van der Waals surface area contributed by atoms with E-state index in [0.717, 1.165) is 17.3 Å². The summed E-state index contributed by atoms with van der Waals surface area (Å²) in [6, 6.07) is 7.15. The van der Waals surface area contributed by atoms with Crippen molar-refractivity contribution in [1.29, 1.82) is 0 Å². The lowest BCUT2D eigenvalue weighted by molar-refractivity contribution is 0.373. The van der Waals surface area contributed by atoms with E-state index in [4.69, 9.17) is 16.0 Å². The SMILES string of the molecule is FC(F)=C(F)CCSc1nnc(/C=C/c2ccc(Cl)cc2)o1. The molecule has 116 valence electrons. The average molecular weight is 347 g/mol. The van der Waals surface area contributed by atoms with Crippen molar-refractivity contribution >= 4 is 35.5 Å². The molecule has 0 aliphatic carbocycles. The average Bonchev–Trinajstić information content (AvgIpc) is 2.94. The van der Waals surface area contributed by atoms with Crippen LogP contribution in [0.25, 0.3) is 12.2 Å². The molecule has 0 atom stereocenters. The van der Waals surface area contributed by atoms with Crippen molar-refractivity contribution in [2.75, 3.05) is 5.75 Å². The van der Waals surface area contributed by atoms with Gasteiger partial charge in [0, 0.05) is 23.3 Å². The van der Waals surface area contributed by atoms with Crippen molar-refractivity contribution in [2.45, 2.75) is 11.6 Å². The van der Waals surface area contributed by atoms with Gasteiger partial charge in [-0.1, -0.05) is 35.5 Å². The number of benzene rings is 1. The summed E-state index contributed by atoms with van der Waals surface area (Å²) >= 11 is 6.79. The fraction of sp³-hybridized carbons (Fsp3) is 0.143. The molecule has 0 unspecified atom stereocenters. The van der Waals surface area contributed by atoms with Crippen molar-refractivity contribution in [3.05, 3.63) is 52.6 Å². The van der Waals surface area contributed by atoms with Crippen LogP contribution >= 0.6 is 23.4 Å². The maximum atomic E-state index is 12.6. The Morgan fingerprint density at radius 3 is 2.55 bits per heavy atom. The molecule has 0 fully saturated rings. The van der Waals surface area contributed by atoms with Crippen LogP contribution in [0, 0.1) is 0 Å². The minimum Gasteiger partial charge on any atom is -0.412 e. The molecule has 8 heteroatoms. The molecule has 0 spiro atoms. The first-order valence-electron chi connectivity index (χ1n) is 6.14. The van der Waals surface area contributed by atoms with Crippen molar-refractivity contribution in [3.8, 4) is 0 Å². The second-order valence-corrected chi connectivity index (χ2v) is 5.54. The summed E-state index contributed by atoms with van der Waals surface area (Å²) in [7, 11) is 0.